The number of carbonyl (C=O) groups is 1. The Balaban J connectivity index is 1.48. The summed E-state index contributed by atoms with van der Waals surface area (Å²) in [4.78, 5) is 32.9. The molecule has 1 atom stereocenters. The monoisotopic (exact) mass is 620 g/mol. The summed E-state index contributed by atoms with van der Waals surface area (Å²) in [6.45, 7) is 4.13. The molecule has 1 saturated carbocycles. The van der Waals surface area contributed by atoms with E-state index in [0.29, 0.717) is 11.4 Å². The number of aryl methyl sites for hydroxylation is 2. The molecule has 11 nitrogen and oxygen atoms in total. The first-order valence-electron chi connectivity index (χ1n) is 13.8. The van der Waals surface area contributed by atoms with Gasteiger partial charge in [0.2, 0.25) is 11.8 Å². The summed E-state index contributed by atoms with van der Waals surface area (Å²) in [6.07, 6.45) is 4.94. The fraction of sp³-hybridized carbons (Fsp3) is 0.300. The number of nitrogens with one attached hydrogen (secondary N) is 1. The van der Waals surface area contributed by atoms with E-state index in [1.807, 2.05) is 32.0 Å². The van der Waals surface area contributed by atoms with Crippen LogP contribution in [0, 0.1) is 13.8 Å². The van der Waals surface area contributed by atoms with Crippen molar-refractivity contribution in [3.8, 4) is 17.1 Å². The smallest absolute Gasteiger partial charge is 0.264 e. The minimum absolute atomic E-state index is 0.00153. The van der Waals surface area contributed by atoms with Gasteiger partial charge in [-0.2, -0.15) is 4.98 Å². The van der Waals surface area contributed by atoms with Crippen LogP contribution in [-0.2, 0) is 21.3 Å². The number of halogens is 1. The normalized spacial score (nSPS) is 18.1. The van der Waals surface area contributed by atoms with E-state index in [4.69, 9.17) is 21.1 Å². The number of sulfonamides is 1. The Hall–Kier alpha value is -4.13. The van der Waals surface area contributed by atoms with E-state index in [1.54, 1.807) is 17.0 Å². The fourth-order valence-corrected chi connectivity index (χ4v) is 6.08. The molecule has 1 N–H and O–H groups in total. The largest absolute Gasteiger partial charge is 0.475 e. The molecule has 13 heteroatoms. The molecule has 43 heavy (non-hydrogen) atoms. The van der Waals surface area contributed by atoms with Crippen LogP contribution >= 0.6 is 11.6 Å². The van der Waals surface area contributed by atoms with E-state index in [0.717, 1.165) is 29.5 Å². The molecular formula is C30H29ClN6O5S. The van der Waals surface area contributed by atoms with Gasteiger partial charge in [0.1, 0.15) is 11.8 Å². The lowest BCUT2D eigenvalue weighted by Gasteiger charge is -2.31. The Morgan fingerprint density at radius 3 is 2.56 bits per heavy atom. The molecule has 1 amide bonds. The van der Waals surface area contributed by atoms with Gasteiger partial charge in [0.05, 0.1) is 54.0 Å². The number of rotatable bonds is 6. The molecule has 6 rings (SSSR count). The Kier molecular flexibility index (Phi) is 7.99. The van der Waals surface area contributed by atoms with Crippen LogP contribution in [0.15, 0.2) is 65.8 Å². The summed E-state index contributed by atoms with van der Waals surface area (Å²) in [6, 6.07) is 12.7. The first-order chi connectivity index (χ1) is 20.7. The lowest BCUT2D eigenvalue weighted by atomic mass is 10.00. The van der Waals surface area contributed by atoms with Gasteiger partial charge < -0.3 is 14.4 Å². The van der Waals surface area contributed by atoms with Crippen molar-refractivity contribution in [3.05, 3.63) is 88.5 Å². The van der Waals surface area contributed by atoms with Crippen molar-refractivity contribution in [2.75, 3.05) is 17.9 Å². The molecule has 4 aromatic rings. The maximum atomic E-state index is 14.1. The molecule has 222 valence electrons. The van der Waals surface area contributed by atoms with Crippen LogP contribution in [0.5, 0.6) is 5.88 Å². The van der Waals surface area contributed by atoms with E-state index in [1.165, 1.54) is 30.6 Å². The maximum Gasteiger partial charge on any atom is 0.264 e. The Morgan fingerprint density at radius 2 is 1.81 bits per heavy atom. The van der Waals surface area contributed by atoms with Crippen molar-refractivity contribution in [1.29, 1.82) is 0 Å². The first-order valence-corrected chi connectivity index (χ1v) is 15.6. The molecule has 0 radical (unpaired) electrons. The van der Waals surface area contributed by atoms with Crippen molar-refractivity contribution in [1.82, 2.24) is 24.8 Å². The number of anilines is 1. The molecule has 0 saturated heterocycles. The summed E-state index contributed by atoms with van der Waals surface area (Å²) in [5.41, 5.74) is 3.87. The van der Waals surface area contributed by atoms with Crippen molar-refractivity contribution in [2.45, 2.75) is 50.3 Å². The zero-order valence-electron chi connectivity index (χ0n) is 23.5. The number of carbonyl (C=O) groups excluding carboxylic acids is 1. The molecule has 2 aromatic carbocycles. The van der Waals surface area contributed by atoms with E-state index in [-0.39, 0.29) is 53.3 Å². The zero-order chi connectivity index (χ0) is 30.1. The van der Waals surface area contributed by atoms with Gasteiger partial charge >= 0.3 is 0 Å². The highest BCUT2D eigenvalue weighted by Gasteiger charge is 2.31. The summed E-state index contributed by atoms with van der Waals surface area (Å²) < 4.78 is 41.8. The quantitative estimate of drug-likeness (QED) is 0.328. The Labute approximate surface area is 254 Å². The minimum Gasteiger partial charge on any atom is -0.475 e. The Morgan fingerprint density at radius 1 is 1.05 bits per heavy atom. The van der Waals surface area contributed by atoms with Gasteiger partial charge in [-0.15, -0.1) is 0 Å². The van der Waals surface area contributed by atoms with Crippen LogP contribution in [0.25, 0.3) is 11.3 Å². The van der Waals surface area contributed by atoms with E-state index >= 15 is 0 Å². The number of benzene rings is 2. The number of ether oxygens (including phenoxy) is 2. The maximum absolute atomic E-state index is 14.1. The standard InChI is InChI=1S/C30H29ClN6O5S/c1-18-5-3-6-19(2)28(18)25-12-27-35-30(34-25)36-43(39,40)24-8-4-7-20(11-24)29(38)37(15-21-13-32-14-26(31)33-21)22(17-42-27)16-41-23-9-10-23/h3-8,11-14,22-23H,9-10,15-17H2,1-2H3,(H,34,35,36)/t22-/m1/s1. The zero-order valence-corrected chi connectivity index (χ0v) is 25.1. The summed E-state index contributed by atoms with van der Waals surface area (Å²) in [5, 5.41) is 0.185. The van der Waals surface area contributed by atoms with Crippen molar-refractivity contribution >= 4 is 33.5 Å². The molecule has 1 aliphatic heterocycles. The fourth-order valence-electron chi connectivity index (χ4n) is 4.92. The molecule has 2 aromatic heterocycles. The summed E-state index contributed by atoms with van der Waals surface area (Å²) >= 11 is 6.11. The van der Waals surface area contributed by atoms with Crippen LogP contribution in [-0.4, -0.2) is 64.5 Å². The van der Waals surface area contributed by atoms with E-state index in [2.05, 4.69) is 24.7 Å². The average molecular weight is 621 g/mol. The SMILES string of the molecule is Cc1cccc(C)c1-c1cc2nc(n1)NS(=O)(=O)c1cccc(c1)C(=O)N(Cc1cncc(Cl)n1)[C@H](COC1CC1)CO2. The van der Waals surface area contributed by atoms with E-state index in [9.17, 15) is 13.2 Å². The number of fused-ring (bicyclic) bond motifs is 4. The minimum atomic E-state index is -4.18. The number of nitrogens with zero attached hydrogens (tertiary/aromatic N) is 5. The molecule has 4 bridgehead atoms. The second kappa shape index (κ2) is 11.9. The number of amides is 1. The van der Waals surface area contributed by atoms with Gasteiger partial charge in [-0.3, -0.25) is 9.78 Å². The molecule has 0 spiro atoms. The van der Waals surface area contributed by atoms with Crippen LogP contribution in [0.3, 0.4) is 0 Å². The molecule has 1 aliphatic carbocycles. The third-order valence-corrected chi connectivity index (χ3v) is 8.73. The predicted octanol–water partition coefficient (Wildman–Crippen LogP) is 4.59. The number of aromatic nitrogens is 4. The van der Waals surface area contributed by atoms with E-state index < -0.39 is 22.0 Å². The topological polar surface area (TPSA) is 136 Å². The van der Waals surface area contributed by atoms with Gasteiger partial charge in [0.25, 0.3) is 15.9 Å². The van der Waals surface area contributed by atoms with Crippen molar-refractivity contribution < 1.29 is 22.7 Å². The third kappa shape index (κ3) is 6.61. The lowest BCUT2D eigenvalue weighted by Crippen LogP contribution is -2.46. The second-order valence-corrected chi connectivity index (χ2v) is 12.6. The van der Waals surface area contributed by atoms with Gasteiger partial charge in [-0.1, -0.05) is 35.9 Å². The molecular weight excluding hydrogens is 592 g/mol. The summed E-state index contributed by atoms with van der Waals surface area (Å²) in [7, 11) is -4.18. The van der Waals surface area contributed by atoms with Gasteiger partial charge in [0, 0.05) is 17.2 Å². The van der Waals surface area contributed by atoms with Crippen LogP contribution in [0.1, 0.15) is 40.0 Å². The van der Waals surface area contributed by atoms with Crippen molar-refractivity contribution in [2.24, 2.45) is 0 Å². The molecule has 3 heterocycles. The third-order valence-electron chi connectivity index (χ3n) is 7.22. The second-order valence-electron chi connectivity index (χ2n) is 10.6. The molecule has 0 unspecified atom stereocenters. The lowest BCUT2D eigenvalue weighted by molar-refractivity contribution is 0.0209. The van der Waals surface area contributed by atoms with Crippen LogP contribution < -0.4 is 9.46 Å². The highest BCUT2D eigenvalue weighted by Crippen LogP contribution is 2.30. The average Bonchev–Trinajstić information content (AvgIpc) is 3.80. The molecule has 1 fully saturated rings. The van der Waals surface area contributed by atoms with Gasteiger partial charge in [0.15, 0.2) is 0 Å². The van der Waals surface area contributed by atoms with Gasteiger partial charge in [-0.25, -0.2) is 23.1 Å². The van der Waals surface area contributed by atoms with Crippen molar-refractivity contribution in [3.63, 3.8) is 0 Å². The number of hydrogen-bond acceptors (Lipinski definition) is 9. The van der Waals surface area contributed by atoms with Gasteiger partial charge in [-0.05, 0) is 56.0 Å². The van der Waals surface area contributed by atoms with Crippen LogP contribution in [0.4, 0.5) is 5.95 Å². The molecule has 2 aliphatic rings. The highest BCUT2D eigenvalue weighted by molar-refractivity contribution is 7.92. The summed E-state index contributed by atoms with van der Waals surface area (Å²) in [5.74, 6) is -0.439. The first kappa shape index (κ1) is 29.0. The predicted molar refractivity (Wildman–Crippen MR) is 159 cm³/mol. The highest BCUT2D eigenvalue weighted by atomic mass is 35.5. The van der Waals surface area contributed by atoms with Crippen LogP contribution in [0.2, 0.25) is 5.15 Å². The number of hydrogen-bond donors (Lipinski definition) is 1. The Bertz CT molecular complexity index is 1780.